The van der Waals surface area contributed by atoms with E-state index in [-0.39, 0.29) is 35.8 Å². The molecule has 3 rings (SSSR count). The van der Waals surface area contributed by atoms with Crippen molar-refractivity contribution in [2.24, 2.45) is 10.3 Å². The molecule has 0 aliphatic carbocycles. The van der Waals surface area contributed by atoms with Crippen molar-refractivity contribution in [3.05, 3.63) is 70.8 Å². The fraction of sp³-hybridized carbons (Fsp3) is 0.190. The molecule has 1 saturated heterocycles. The van der Waals surface area contributed by atoms with Crippen molar-refractivity contribution in [1.82, 2.24) is 9.32 Å². The van der Waals surface area contributed by atoms with Gasteiger partial charge in [0.25, 0.3) is 0 Å². The van der Waals surface area contributed by atoms with Gasteiger partial charge in [0.2, 0.25) is 18.2 Å². The normalized spacial score (nSPS) is 12.7. The van der Waals surface area contributed by atoms with Gasteiger partial charge in [-0.1, -0.05) is 21.9 Å². The Bertz CT molecular complexity index is 1090. The van der Waals surface area contributed by atoms with Crippen molar-refractivity contribution in [1.29, 1.82) is 0 Å². The van der Waals surface area contributed by atoms with Crippen LogP contribution in [0, 0.1) is 23.3 Å². The molecule has 0 saturated carbocycles. The maximum absolute atomic E-state index is 12.8. The van der Waals surface area contributed by atoms with Gasteiger partial charge in [-0.2, -0.15) is 4.42 Å². The average molecular weight is 555 g/mol. The summed E-state index contributed by atoms with van der Waals surface area (Å²) >= 11 is 10.4. The first-order valence-electron chi connectivity index (χ1n) is 9.46. The monoisotopic (exact) mass is 554 g/mol. The molecule has 1 aliphatic heterocycles. The van der Waals surface area contributed by atoms with Crippen molar-refractivity contribution in [2.45, 2.75) is 12.8 Å². The van der Waals surface area contributed by atoms with Crippen LogP contribution in [0.4, 0.5) is 17.6 Å². The van der Waals surface area contributed by atoms with E-state index < -0.39 is 28.4 Å². The zero-order valence-electron chi connectivity index (χ0n) is 18.7. The van der Waals surface area contributed by atoms with E-state index in [1.54, 1.807) is 14.1 Å². The molecule has 0 unspecified atom stereocenters. The molecule has 9 nitrogen and oxygen atoms in total. The average Bonchev–Trinajstić information content (AvgIpc) is 3.12. The Kier molecular flexibility index (Phi) is 15.1. The molecule has 196 valence electrons. The smallest absolute Gasteiger partial charge is 0.244 e. The first-order valence-corrected chi connectivity index (χ1v) is 10.2. The highest BCUT2D eigenvalue weighted by Crippen LogP contribution is 2.13. The largest absolute Gasteiger partial charge is 0.411 e. The third-order valence-electron chi connectivity index (χ3n) is 3.60. The van der Waals surface area contributed by atoms with Gasteiger partial charge in [-0.25, -0.2) is 17.6 Å². The van der Waals surface area contributed by atoms with E-state index in [2.05, 4.69) is 10.3 Å². The predicted molar refractivity (Wildman–Crippen MR) is 123 cm³/mol. The molecule has 3 amide bonds. The summed E-state index contributed by atoms with van der Waals surface area (Å²) in [5, 5.41) is 21.0. The SMILES string of the molecule is CN(C)C=O.O/N=C(\Cl)c1ccc(F)cc1F.O/N=C/c1ccc(F)cc1F.O=C1CCC(=O)N1Cl. The van der Waals surface area contributed by atoms with Gasteiger partial charge in [0.15, 0.2) is 5.17 Å². The lowest BCUT2D eigenvalue weighted by Gasteiger charge is -1.97. The summed E-state index contributed by atoms with van der Waals surface area (Å²) in [4.78, 5) is 31.6. The molecule has 1 aliphatic rings. The van der Waals surface area contributed by atoms with E-state index in [9.17, 15) is 31.9 Å². The standard InChI is InChI=1S/C7H4ClF2NO.C7H5F2NO.C4H4ClNO2.C3H7NO/c8-7(11-12)5-2-1-4(9)3-6(5)10;8-6-2-1-5(4-10-11)7(9)3-6;5-6-3(7)1-2-4(6)8;1-4(2)3-5/h1-3,12H;1-4,11H;1-2H2;3H,1-2H3/b11-7-;10-4+;;. The number of benzene rings is 2. The van der Waals surface area contributed by atoms with Crippen LogP contribution in [0.15, 0.2) is 46.7 Å². The lowest BCUT2D eigenvalue weighted by atomic mass is 10.2. The number of carbonyl (C=O) groups excluding carboxylic acids is 3. The van der Waals surface area contributed by atoms with Gasteiger partial charge in [0, 0.05) is 56.4 Å². The second-order valence-electron chi connectivity index (χ2n) is 6.56. The zero-order chi connectivity index (χ0) is 27.8. The molecule has 2 aromatic rings. The van der Waals surface area contributed by atoms with Crippen LogP contribution in [0.5, 0.6) is 0 Å². The summed E-state index contributed by atoms with van der Waals surface area (Å²) < 4.78 is 50.6. The number of hydrogen-bond donors (Lipinski definition) is 2. The van der Waals surface area contributed by atoms with Gasteiger partial charge in [-0.05, 0) is 24.3 Å². The molecule has 1 heterocycles. The predicted octanol–water partition coefficient (Wildman–Crippen LogP) is 4.11. The number of nitrogens with zero attached hydrogens (tertiary/aromatic N) is 4. The Morgan fingerprint density at radius 1 is 0.972 bits per heavy atom. The Hall–Kier alpha value is -3.71. The minimum Gasteiger partial charge on any atom is -0.411 e. The molecule has 0 spiro atoms. The van der Waals surface area contributed by atoms with Crippen LogP contribution in [0.3, 0.4) is 0 Å². The lowest BCUT2D eigenvalue weighted by Crippen LogP contribution is -2.16. The summed E-state index contributed by atoms with van der Waals surface area (Å²) in [5.74, 6) is -3.56. The van der Waals surface area contributed by atoms with Crippen LogP contribution in [-0.2, 0) is 14.4 Å². The van der Waals surface area contributed by atoms with Gasteiger partial charge < -0.3 is 15.3 Å². The van der Waals surface area contributed by atoms with Crippen LogP contribution >= 0.6 is 23.4 Å². The molecule has 2 N–H and O–H groups in total. The van der Waals surface area contributed by atoms with Crippen molar-refractivity contribution < 1.29 is 42.4 Å². The highest BCUT2D eigenvalue weighted by atomic mass is 35.5. The minimum atomic E-state index is -0.863. The van der Waals surface area contributed by atoms with Crippen LogP contribution < -0.4 is 0 Å². The summed E-state index contributed by atoms with van der Waals surface area (Å²) in [6.45, 7) is 0. The minimum absolute atomic E-state index is 0.0499. The topological polar surface area (TPSA) is 123 Å². The van der Waals surface area contributed by atoms with Gasteiger partial charge in [0.1, 0.15) is 23.3 Å². The number of rotatable bonds is 3. The van der Waals surface area contributed by atoms with E-state index in [1.807, 2.05) is 0 Å². The summed E-state index contributed by atoms with van der Waals surface area (Å²) in [6.07, 6.45) is 2.18. The van der Waals surface area contributed by atoms with Gasteiger partial charge in [-0.15, -0.1) is 0 Å². The zero-order valence-corrected chi connectivity index (χ0v) is 20.2. The summed E-state index contributed by atoms with van der Waals surface area (Å²) in [5.41, 5.74) is -0.0885. The van der Waals surface area contributed by atoms with E-state index >= 15 is 0 Å². The summed E-state index contributed by atoms with van der Waals surface area (Å²) in [7, 11) is 3.38. The molecule has 15 heteroatoms. The third-order valence-corrected chi connectivity index (χ3v) is 4.26. The van der Waals surface area contributed by atoms with Crippen LogP contribution in [0.1, 0.15) is 24.0 Å². The quantitative estimate of drug-likeness (QED) is 0.112. The van der Waals surface area contributed by atoms with Crippen molar-refractivity contribution in [3.63, 3.8) is 0 Å². The molecule has 0 aromatic heterocycles. The van der Waals surface area contributed by atoms with Crippen molar-refractivity contribution >= 4 is 53.0 Å². The number of oxime groups is 2. The maximum Gasteiger partial charge on any atom is 0.244 e. The fourth-order valence-electron chi connectivity index (χ4n) is 1.93. The van der Waals surface area contributed by atoms with Gasteiger partial charge in [0.05, 0.1) is 11.8 Å². The van der Waals surface area contributed by atoms with Crippen LogP contribution in [0.25, 0.3) is 0 Å². The fourth-order valence-corrected chi connectivity index (χ4v) is 2.25. The van der Waals surface area contributed by atoms with Crippen LogP contribution in [0.2, 0.25) is 0 Å². The Labute approximate surface area is 212 Å². The molecule has 36 heavy (non-hydrogen) atoms. The molecule has 2 aromatic carbocycles. The van der Waals surface area contributed by atoms with Gasteiger partial charge in [-0.3, -0.25) is 14.4 Å². The molecule has 0 atom stereocenters. The van der Waals surface area contributed by atoms with Crippen molar-refractivity contribution in [3.8, 4) is 0 Å². The number of carbonyl (C=O) groups is 3. The maximum atomic E-state index is 12.8. The number of amides is 3. The molecule has 0 radical (unpaired) electrons. The van der Waals surface area contributed by atoms with Crippen molar-refractivity contribution in [2.75, 3.05) is 14.1 Å². The highest BCUT2D eigenvalue weighted by Gasteiger charge is 2.26. The summed E-state index contributed by atoms with van der Waals surface area (Å²) in [6, 6.07) is 5.75. The van der Waals surface area contributed by atoms with Crippen LogP contribution in [-0.4, -0.2) is 63.4 Å². The first-order chi connectivity index (χ1) is 16.9. The molecule has 0 bridgehead atoms. The number of hydrogen-bond acceptors (Lipinski definition) is 7. The number of imide groups is 1. The molecule has 1 fully saturated rings. The second kappa shape index (κ2) is 16.8. The lowest BCUT2D eigenvalue weighted by molar-refractivity contribution is -0.132. The van der Waals surface area contributed by atoms with E-state index in [4.69, 9.17) is 33.8 Å². The third kappa shape index (κ3) is 12.1. The Morgan fingerprint density at radius 3 is 1.78 bits per heavy atom. The Morgan fingerprint density at radius 2 is 1.44 bits per heavy atom. The molecular formula is C21H20Cl2F4N4O5. The first kappa shape index (κ1) is 32.3. The van der Waals surface area contributed by atoms with E-state index in [1.165, 1.54) is 11.0 Å². The van der Waals surface area contributed by atoms with Gasteiger partial charge >= 0.3 is 0 Å². The van der Waals surface area contributed by atoms with E-state index in [0.29, 0.717) is 10.5 Å². The van der Waals surface area contributed by atoms with E-state index in [0.717, 1.165) is 36.9 Å². The Balaban J connectivity index is 0.000000474. The highest BCUT2D eigenvalue weighted by molar-refractivity contribution is 6.69. The number of halogens is 6. The molecular weight excluding hydrogens is 535 g/mol. The second-order valence-corrected chi connectivity index (χ2v) is 7.26.